The van der Waals surface area contributed by atoms with E-state index in [1.165, 1.54) is 0 Å². The van der Waals surface area contributed by atoms with Gasteiger partial charge in [-0.2, -0.15) is 0 Å². The summed E-state index contributed by atoms with van der Waals surface area (Å²) in [6.45, 7) is 7.22. The number of aliphatic hydroxyl groups is 1. The Morgan fingerprint density at radius 3 is 2.68 bits per heavy atom. The zero-order chi connectivity index (χ0) is 13.8. The molecule has 2 atom stereocenters. The van der Waals surface area contributed by atoms with Crippen LogP contribution in [0.2, 0.25) is 0 Å². The Bertz CT molecular complexity index is 420. The average molecular weight is 265 g/mol. The van der Waals surface area contributed by atoms with Crippen molar-refractivity contribution >= 4 is 0 Å². The Morgan fingerprint density at radius 2 is 1.95 bits per heavy atom. The van der Waals surface area contributed by atoms with E-state index in [0.29, 0.717) is 19.3 Å². The van der Waals surface area contributed by atoms with Gasteiger partial charge in [0.05, 0.1) is 6.10 Å². The van der Waals surface area contributed by atoms with Gasteiger partial charge in [0, 0.05) is 12.6 Å². The van der Waals surface area contributed by atoms with Gasteiger partial charge in [-0.25, -0.2) is 0 Å². The molecule has 0 aromatic heterocycles. The van der Waals surface area contributed by atoms with Crippen molar-refractivity contribution in [3.05, 3.63) is 23.8 Å². The molecule has 2 rings (SSSR count). The molecule has 1 aliphatic heterocycles. The Hall–Kier alpha value is -1.26. The summed E-state index contributed by atoms with van der Waals surface area (Å²) in [6.07, 6.45) is 0.525. The molecular weight excluding hydrogens is 242 g/mol. The molecule has 106 valence electrons. The molecule has 0 aliphatic carbocycles. The molecule has 0 amide bonds. The molecule has 0 saturated carbocycles. The fraction of sp³-hybridized carbons (Fsp3) is 0.600. The second-order valence-electron chi connectivity index (χ2n) is 5.53. The minimum atomic E-state index is -0.295. The van der Waals surface area contributed by atoms with Gasteiger partial charge in [0.2, 0.25) is 6.79 Å². The first-order valence-corrected chi connectivity index (χ1v) is 6.87. The fourth-order valence-electron chi connectivity index (χ4n) is 2.24. The fourth-order valence-corrected chi connectivity index (χ4v) is 2.24. The van der Waals surface area contributed by atoms with Gasteiger partial charge in [-0.3, -0.25) is 0 Å². The summed E-state index contributed by atoms with van der Waals surface area (Å²) < 4.78 is 10.7. The number of hydrogen-bond acceptors (Lipinski definition) is 4. The molecule has 0 fully saturated rings. The third-order valence-electron chi connectivity index (χ3n) is 3.30. The minimum Gasteiger partial charge on any atom is -0.454 e. The number of benzene rings is 1. The van der Waals surface area contributed by atoms with Gasteiger partial charge in [0.15, 0.2) is 11.5 Å². The van der Waals surface area contributed by atoms with Crippen LogP contribution in [0.4, 0.5) is 0 Å². The maximum Gasteiger partial charge on any atom is 0.231 e. The van der Waals surface area contributed by atoms with Gasteiger partial charge in [0.1, 0.15) is 0 Å². The van der Waals surface area contributed by atoms with E-state index in [0.717, 1.165) is 23.5 Å². The number of ether oxygens (including phenoxy) is 2. The Morgan fingerprint density at radius 1 is 1.21 bits per heavy atom. The number of fused-ring (bicyclic) bond motifs is 1. The van der Waals surface area contributed by atoms with Crippen molar-refractivity contribution < 1.29 is 14.6 Å². The van der Waals surface area contributed by atoms with Crippen molar-refractivity contribution in [3.63, 3.8) is 0 Å². The molecular formula is C15H23NO3. The van der Waals surface area contributed by atoms with Crippen LogP contribution in [0.1, 0.15) is 38.8 Å². The monoisotopic (exact) mass is 265 g/mol. The highest BCUT2D eigenvalue weighted by atomic mass is 16.7. The van der Waals surface area contributed by atoms with Crippen LogP contribution >= 0.6 is 0 Å². The Balaban J connectivity index is 1.87. The standard InChI is InChI=1S/C15H23NO3/c1-10(2)6-13(17)8-16-11(3)12-4-5-14-15(7-12)19-9-18-14/h4-5,7,10-11,13,16-17H,6,8-9H2,1-3H3. The lowest BCUT2D eigenvalue weighted by molar-refractivity contribution is 0.143. The summed E-state index contributed by atoms with van der Waals surface area (Å²) in [5.41, 5.74) is 1.14. The lowest BCUT2D eigenvalue weighted by atomic mass is 10.0. The predicted octanol–water partition coefficient (Wildman–Crippen LogP) is 2.47. The molecule has 2 unspecified atom stereocenters. The average Bonchev–Trinajstić information content (AvgIpc) is 2.82. The third kappa shape index (κ3) is 3.85. The highest BCUT2D eigenvalue weighted by Crippen LogP contribution is 2.34. The van der Waals surface area contributed by atoms with Crippen LogP contribution in [0.5, 0.6) is 11.5 Å². The first-order chi connectivity index (χ1) is 9.06. The molecule has 2 N–H and O–H groups in total. The van der Waals surface area contributed by atoms with Crippen LogP contribution in [0.3, 0.4) is 0 Å². The molecule has 4 nitrogen and oxygen atoms in total. The molecule has 1 aromatic carbocycles. The predicted molar refractivity (Wildman–Crippen MR) is 74.4 cm³/mol. The molecule has 4 heteroatoms. The van der Waals surface area contributed by atoms with Crippen LogP contribution in [0, 0.1) is 5.92 Å². The van der Waals surface area contributed by atoms with Crippen molar-refractivity contribution in [1.82, 2.24) is 5.32 Å². The topological polar surface area (TPSA) is 50.7 Å². The van der Waals surface area contributed by atoms with Crippen LogP contribution in [0.15, 0.2) is 18.2 Å². The highest BCUT2D eigenvalue weighted by Gasteiger charge is 2.16. The van der Waals surface area contributed by atoms with Crippen molar-refractivity contribution in [3.8, 4) is 11.5 Å². The third-order valence-corrected chi connectivity index (χ3v) is 3.30. The van der Waals surface area contributed by atoms with E-state index in [1.54, 1.807) is 0 Å². The maximum absolute atomic E-state index is 9.86. The molecule has 1 aliphatic rings. The lowest BCUT2D eigenvalue weighted by Crippen LogP contribution is -2.29. The van der Waals surface area contributed by atoms with Crippen LogP contribution in [0.25, 0.3) is 0 Å². The first-order valence-electron chi connectivity index (χ1n) is 6.87. The van der Waals surface area contributed by atoms with E-state index in [2.05, 4.69) is 26.1 Å². The summed E-state index contributed by atoms with van der Waals surface area (Å²) >= 11 is 0. The minimum absolute atomic E-state index is 0.177. The molecule has 0 spiro atoms. The zero-order valence-electron chi connectivity index (χ0n) is 11.8. The van der Waals surface area contributed by atoms with E-state index in [9.17, 15) is 5.11 Å². The summed E-state index contributed by atoms with van der Waals surface area (Å²) in [7, 11) is 0. The number of rotatable bonds is 6. The van der Waals surface area contributed by atoms with E-state index in [1.807, 2.05) is 18.2 Å². The molecule has 0 radical (unpaired) electrons. The van der Waals surface area contributed by atoms with E-state index in [-0.39, 0.29) is 12.1 Å². The van der Waals surface area contributed by atoms with Gasteiger partial charge in [0.25, 0.3) is 0 Å². The molecule has 0 bridgehead atoms. The van der Waals surface area contributed by atoms with Crippen LogP contribution in [-0.2, 0) is 0 Å². The molecule has 19 heavy (non-hydrogen) atoms. The number of aliphatic hydroxyl groups excluding tert-OH is 1. The van der Waals surface area contributed by atoms with Crippen molar-refractivity contribution in [2.75, 3.05) is 13.3 Å². The number of nitrogens with one attached hydrogen (secondary N) is 1. The summed E-state index contributed by atoms with van der Waals surface area (Å²) in [5.74, 6) is 2.11. The van der Waals surface area contributed by atoms with E-state index < -0.39 is 0 Å². The van der Waals surface area contributed by atoms with Gasteiger partial charge < -0.3 is 19.9 Å². The SMILES string of the molecule is CC(C)CC(O)CNC(C)c1ccc2c(c1)OCO2. The lowest BCUT2D eigenvalue weighted by Gasteiger charge is -2.18. The van der Waals surface area contributed by atoms with Crippen LogP contribution in [-0.4, -0.2) is 24.5 Å². The molecule has 1 aromatic rings. The molecule has 0 saturated heterocycles. The summed E-state index contributed by atoms with van der Waals surface area (Å²) in [4.78, 5) is 0. The summed E-state index contributed by atoms with van der Waals surface area (Å²) in [5, 5.41) is 13.2. The van der Waals surface area contributed by atoms with Gasteiger partial charge in [-0.05, 0) is 37.0 Å². The maximum atomic E-state index is 9.86. The van der Waals surface area contributed by atoms with Gasteiger partial charge >= 0.3 is 0 Å². The van der Waals surface area contributed by atoms with E-state index >= 15 is 0 Å². The largest absolute Gasteiger partial charge is 0.454 e. The zero-order valence-corrected chi connectivity index (χ0v) is 11.8. The second-order valence-corrected chi connectivity index (χ2v) is 5.53. The quantitative estimate of drug-likeness (QED) is 0.829. The normalized spacial score (nSPS) is 16.7. The summed E-state index contributed by atoms with van der Waals surface area (Å²) in [6, 6.07) is 6.13. The number of hydrogen-bond donors (Lipinski definition) is 2. The highest BCUT2D eigenvalue weighted by molar-refractivity contribution is 5.45. The van der Waals surface area contributed by atoms with E-state index in [4.69, 9.17) is 9.47 Å². The first kappa shape index (κ1) is 14.2. The molecule has 1 heterocycles. The van der Waals surface area contributed by atoms with Crippen molar-refractivity contribution in [2.45, 2.75) is 39.3 Å². The smallest absolute Gasteiger partial charge is 0.231 e. The van der Waals surface area contributed by atoms with Crippen LogP contribution < -0.4 is 14.8 Å². The second kappa shape index (κ2) is 6.26. The van der Waals surface area contributed by atoms with Gasteiger partial charge in [-0.1, -0.05) is 19.9 Å². The Labute approximate surface area is 114 Å². The van der Waals surface area contributed by atoms with Crippen molar-refractivity contribution in [1.29, 1.82) is 0 Å². The Kier molecular flexibility index (Phi) is 4.66. The van der Waals surface area contributed by atoms with Crippen molar-refractivity contribution in [2.24, 2.45) is 5.92 Å². The van der Waals surface area contributed by atoms with Gasteiger partial charge in [-0.15, -0.1) is 0 Å².